The van der Waals surface area contributed by atoms with Crippen molar-refractivity contribution in [2.24, 2.45) is 0 Å². The van der Waals surface area contributed by atoms with E-state index in [-0.39, 0.29) is 11.9 Å². The molecule has 1 amide bonds. The van der Waals surface area contributed by atoms with Crippen molar-refractivity contribution in [3.05, 3.63) is 41.8 Å². The summed E-state index contributed by atoms with van der Waals surface area (Å²) in [5.74, 6) is 0.648. The van der Waals surface area contributed by atoms with Crippen molar-refractivity contribution in [1.29, 1.82) is 0 Å². The van der Waals surface area contributed by atoms with Gasteiger partial charge in [0.15, 0.2) is 0 Å². The molecular formula is C19H25N3O4S2. The van der Waals surface area contributed by atoms with Crippen molar-refractivity contribution >= 4 is 33.0 Å². The van der Waals surface area contributed by atoms with E-state index in [1.54, 1.807) is 29.6 Å². The minimum atomic E-state index is -3.43. The van der Waals surface area contributed by atoms with Gasteiger partial charge in [-0.25, -0.2) is 8.42 Å². The molecule has 0 aliphatic carbocycles. The summed E-state index contributed by atoms with van der Waals surface area (Å²) in [5.41, 5.74) is 0.708. The number of anilines is 1. The maximum absolute atomic E-state index is 12.6. The quantitative estimate of drug-likeness (QED) is 0.740. The lowest BCUT2D eigenvalue weighted by Gasteiger charge is -2.36. The molecule has 0 bridgehead atoms. The first kappa shape index (κ1) is 20.8. The number of carbonyl (C=O) groups is 1. The van der Waals surface area contributed by atoms with Crippen LogP contribution >= 0.6 is 11.3 Å². The van der Waals surface area contributed by atoms with Gasteiger partial charge in [0.2, 0.25) is 5.91 Å². The Bertz CT molecular complexity index is 874. The average Bonchev–Trinajstić information content (AvgIpc) is 3.25. The molecule has 0 unspecified atom stereocenters. The second kappa shape index (κ2) is 9.04. The molecule has 1 aromatic carbocycles. The monoisotopic (exact) mass is 423 g/mol. The number of nitrogens with one attached hydrogen (secondary N) is 1. The molecule has 1 atom stereocenters. The molecule has 0 spiro atoms. The van der Waals surface area contributed by atoms with Crippen LogP contribution in [0.1, 0.15) is 13.8 Å². The number of rotatable bonds is 7. The molecule has 1 fully saturated rings. The highest BCUT2D eigenvalue weighted by atomic mass is 32.2. The van der Waals surface area contributed by atoms with Gasteiger partial charge in [-0.1, -0.05) is 6.07 Å². The number of sulfonamides is 1. The van der Waals surface area contributed by atoms with Crippen LogP contribution in [0, 0.1) is 0 Å². The van der Waals surface area contributed by atoms with Gasteiger partial charge in [0.25, 0.3) is 10.0 Å². The van der Waals surface area contributed by atoms with Crippen LogP contribution in [0.5, 0.6) is 5.75 Å². The number of hydrogen-bond donors (Lipinski definition) is 1. The molecule has 1 aliphatic rings. The molecule has 1 aliphatic heterocycles. The third-order valence-corrected chi connectivity index (χ3v) is 7.99. The maximum Gasteiger partial charge on any atom is 0.252 e. The van der Waals surface area contributed by atoms with Crippen LogP contribution < -0.4 is 10.1 Å². The van der Waals surface area contributed by atoms with Crippen LogP contribution in [0.2, 0.25) is 0 Å². The summed E-state index contributed by atoms with van der Waals surface area (Å²) < 4.78 is 32.5. The van der Waals surface area contributed by atoms with E-state index in [9.17, 15) is 13.2 Å². The number of piperazine rings is 1. The fourth-order valence-corrected chi connectivity index (χ4v) is 5.65. The Kier molecular flexibility index (Phi) is 6.71. The molecule has 28 heavy (non-hydrogen) atoms. The summed E-state index contributed by atoms with van der Waals surface area (Å²) in [5, 5.41) is 4.67. The van der Waals surface area contributed by atoms with Gasteiger partial charge in [-0.3, -0.25) is 9.69 Å². The highest BCUT2D eigenvalue weighted by Crippen LogP contribution is 2.23. The standard InChI is InChI=1S/C19H25N3O4S2/c1-3-26-17-8-6-16(7-9-17)20-19(23)15(2)21-10-12-22(13-11-21)28(24,25)18-5-4-14-27-18/h4-9,14-15H,3,10-13H2,1-2H3,(H,20,23)/t15-/m1/s1. The van der Waals surface area contributed by atoms with Gasteiger partial charge in [-0.2, -0.15) is 4.31 Å². The van der Waals surface area contributed by atoms with E-state index in [0.717, 1.165) is 5.75 Å². The molecule has 1 aromatic heterocycles. The van der Waals surface area contributed by atoms with E-state index >= 15 is 0 Å². The predicted octanol–water partition coefficient (Wildman–Crippen LogP) is 2.48. The summed E-state index contributed by atoms with van der Waals surface area (Å²) in [7, 11) is -3.43. The largest absolute Gasteiger partial charge is 0.494 e. The summed E-state index contributed by atoms with van der Waals surface area (Å²) in [6.45, 7) is 6.14. The first-order chi connectivity index (χ1) is 13.4. The smallest absolute Gasteiger partial charge is 0.252 e. The Balaban J connectivity index is 1.54. The molecule has 2 aromatic rings. The van der Waals surface area contributed by atoms with Gasteiger partial charge in [0.1, 0.15) is 9.96 Å². The summed E-state index contributed by atoms with van der Waals surface area (Å²) in [6.07, 6.45) is 0. The zero-order valence-electron chi connectivity index (χ0n) is 16.0. The molecule has 152 valence electrons. The van der Waals surface area contributed by atoms with Gasteiger partial charge < -0.3 is 10.1 Å². The van der Waals surface area contributed by atoms with Crippen LogP contribution in [-0.2, 0) is 14.8 Å². The van der Waals surface area contributed by atoms with Gasteiger partial charge in [-0.15, -0.1) is 11.3 Å². The zero-order chi connectivity index (χ0) is 20.1. The van der Waals surface area contributed by atoms with Crippen LogP contribution in [0.3, 0.4) is 0 Å². The highest BCUT2D eigenvalue weighted by Gasteiger charge is 2.32. The van der Waals surface area contributed by atoms with E-state index in [1.807, 2.05) is 30.9 Å². The highest BCUT2D eigenvalue weighted by molar-refractivity contribution is 7.91. The molecule has 2 heterocycles. The number of ether oxygens (including phenoxy) is 1. The lowest BCUT2D eigenvalue weighted by Crippen LogP contribution is -2.53. The Morgan fingerprint density at radius 2 is 1.86 bits per heavy atom. The number of hydrogen-bond acceptors (Lipinski definition) is 6. The summed E-state index contributed by atoms with van der Waals surface area (Å²) in [4.78, 5) is 14.6. The molecule has 0 saturated carbocycles. The normalized spacial score (nSPS) is 17.2. The Morgan fingerprint density at radius 1 is 1.18 bits per heavy atom. The fraction of sp³-hybridized carbons (Fsp3) is 0.421. The second-order valence-electron chi connectivity index (χ2n) is 6.49. The molecule has 0 radical (unpaired) electrons. The number of amides is 1. The molecule has 7 nitrogen and oxygen atoms in total. The van der Waals surface area contributed by atoms with Gasteiger partial charge in [0.05, 0.1) is 12.6 Å². The second-order valence-corrected chi connectivity index (χ2v) is 9.61. The summed E-state index contributed by atoms with van der Waals surface area (Å²) in [6, 6.07) is 10.3. The van der Waals surface area contributed by atoms with Crippen molar-refractivity contribution in [2.75, 3.05) is 38.1 Å². The number of carbonyl (C=O) groups excluding carboxylic acids is 1. The van der Waals surface area contributed by atoms with Crippen molar-refractivity contribution in [3.63, 3.8) is 0 Å². The average molecular weight is 424 g/mol. The van der Waals surface area contributed by atoms with Crippen LogP contribution in [0.25, 0.3) is 0 Å². The Morgan fingerprint density at radius 3 is 2.43 bits per heavy atom. The third kappa shape index (κ3) is 4.72. The maximum atomic E-state index is 12.6. The molecular weight excluding hydrogens is 398 g/mol. The molecule has 1 N–H and O–H groups in total. The van der Waals surface area contributed by atoms with Gasteiger partial charge in [0, 0.05) is 31.9 Å². The molecule has 1 saturated heterocycles. The van der Waals surface area contributed by atoms with Crippen molar-refractivity contribution in [1.82, 2.24) is 9.21 Å². The first-order valence-corrected chi connectivity index (χ1v) is 11.5. The fourth-order valence-electron chi connectivity index (χ4n) is 3.08. The lowest BCUT2D eigenvalue weighted by molar-refractivity contribution is -0.121. The minimum absolute atomic E-state index is 0.112. The lowest BCUT2D eigenvalue weighted by atomic mass is 10.2. The Hall–Kier alpha value is -1.94. The van der Waals surface area contributed by atoms with Crippen molar-refractivity contribution < 1.29 is 17.9 Å². The van der Waals surface area contributed by atoms with E-state index in [0.29, 0.717) is 42.7 Å². The number of benzene rings is 1. The van der Waals surface area contributed by atoms with Gasteiger partial charge in [-0.05, 0) is 49.6 Å². The van der Waals surface area contributed by atoms with Crippen LogP contribution in [-0.4, -0.2) is 62.4 Å². The van der Waals surface area contributed by atoms with Crippen molar-refractivity contribution in [3.8, 4) is 5.75 Å². The van der Waals surface area contributed by atoms with Gasteiger partial charge >= 0.3 is 0 Å². The van der Waals surface area contributed by atoms with E-state index in [1.165, 1.54) is 15.6 Å². The number of thiophene rings is 1. The van der Waals surface area contributed by atoms with Crippen LogP contribution in [0.4, 0.5) is 5.69 Å². The Labute approximate surface area is 170 Å². The van der Waals surface area contributed by atoms with Crippen LogP contribution in [0.15, 0.2) is 46.0 Å². The van der Waals surface area contributed by atoms with E-state index in [4.69, 9.17) is 4.74 Å². The molecule has 3 rings (SSSR count). The summed E-state index contributed by atoms with van der Waals surface area (Å²) >= 11 is 1.22. The predicted molar refractivity (Wildman–Crippen MR) is 110 cm³/mol. The van der Waals surface area contributed by atoms with Crippen molar-refractivity contribution in [2.45, 2.75) is 24.1 Å². The first-order valence-electron chi connectivity index (χ1n) is 9.23. The zero-order valence-corrected chi connectivity index (χ0v) is 17.6. The topological polar surface area (TPSA) is 79.0 Å². The molecule has 9 heteroatoms. The SMILES string of the molecule is CCOc1ccc(NC(=O)[C@@H](C)N2CCN(S(=O)(=O)c3cccs3)CC2)cc1. The third-order valence-electron chi connectivity index (χ3n) is 4.72. The van der Waals surface area contributed by atoms with E-state index in [2.05, 4.69) is 5.32 Å². The number of nitrogens with zero attached hydrogens (tertiary/aromatic N) is 2. The minimum Gasteiger partial charge on any atom is -0.494 e. The van der Waals surface area contributed by atoms with E-state index < -0.39 is 10.0 Å².